The molecule has 4 rings (SSSR count). The number of pyridine rings is 1. The Hall–Kier alpha value is -2.62. The number of amides is 1. The lowest BCUT2D eigenvalue weighted by Crippen LogP contribution is -2.40. The molecule has 3 aromatic rings. The predicted molar refractivity (Wildman–Crippen MR) is 104 cm³/mol. The molecule has 0 saturated heterocycles. The number of nitrogens with one attached hydrogen (secondary N) is 2. The van der Waals surface area contributed by atoms with Crippen molar-refractivity contribution in [2.45, 2.75) is 50.9 Å². The molecule has 2 N–H and O–H groups in total. The third-order valence-corrected chi connectivity index (χ3v) is 5.91. The maximum absolute atomic E-state index is 13.0. The number of carbonyl (C=O) groups excluding carboxylic acids is 1. The van der Waals surface area contributed by atoms with Crippen LogP contribution in [0.25, 0.3) is 5.65 Å². The van der Waals surface area contributed by atoms with Gasteiger partial charge in [-0.1, -0.05) is 6.07 Å². The van der Waals surface area contributed by atoms with Crippen LogP contribution in [-0.2, 0) is 6.18 Å². The van der Waals surface area contributed by atoms with E-state index in [1.807, 2.05) is 6.92 Å². The number of alkyl halides is 3. The number of carbonyl (C=O) groups is 1. The lowest BCUT2D eigenvalue weighted by Gasteiger charge is -2.30. The fourth-order valence-electron chi connectivity index (χ4n) is 3.63. The third-order valence-electron chi connectivity index (χ3n) is 5.19. The topological polar surface area (TPSA) is 71.3 Å². The normalized spacial score (nSPS) is 20.0. The largest absolute Gasteiger partial charge is 0.434 e. The fourth-order valence-corrected chi connectivity index (χ4v) is 4.32. The minimum atomic E-state index is -4.48. The summed E-state index contributed by atoms with van der Waals surface area (Å²) in [5, 5.41) is 8.14. The second-order valence-corrected chi connectivity index (χ2v) is 7.87. The van der Waals surface area contributed by atoms with Gasteiger partial charge < -0.3 is 10.6 Å². The van der Waals surface area contributed by atoms with Gasteiger partial charge in [0.05, 0.1) is 11.3 Å². The molecular weight excluding hydrogens is 403 g/mol. The van der Waals surface area contributed by atoms with Crippen LogP contribution in [0.1, 0.15) is 47.4 Å². The quantitative estimate of drug-likeness (QED) is 0.658. The number of rotatable bonds is 4. The molecule has 0 radical (unpaired) electrons. The summed E-state index contributed by atoms with van der Waals surface area (Å²) in [6, 6.07) is 5.19. The summed E-state index contributed by atoms with van der Waals surface area (Å²) in [5.74, 6) is 0.480. The van der Waals surface area contributed by atoms with Crippen molar-refractivity contribution < 1.29 is 18.0 Å². The highest BCUT2D eigenvalue weighted by Gasteiger charge is 2.34. The first-order valence-electron chi connectivity index (χ1n) is 9.35. The molecule has 1 amide bonds. The zero-order valence-electron chi connectivity index (χ0n) is 15.7. The summed E-state index contributed by atoms with van der Waals surface area (Å²) in [5.41, 5.74) is 0.691. The zero-order chi connectivity index (χ0) is 20.6. The summed E-state index contributed by atoms with van der Waals surface area (Å²) in [6.07, 6.45) is -0.246. The Morgan fingerprint density at radius 3 is 2.59 bits per heavy atom. The highest BCUT2D eigenvalue weighted by Crippen LogP contribution is 2.30. The van der Waals surface area contributed by atoms with Gasteiger partial charge in [-0.3, -0.25) is 9.20 Å². The van der Waals surface area contributed by atoms with Gasteiger partial charge in [0.25, 0.3) is 5.91 Å². The number of imidazole rings is 1. The first-order valence-corrected chi connectivity index (χ1v) is 10.2. The van der Waals surface area contributed by atoms with E-state index in [2.05, 4.69) is 20.0 Å². The summed E-state index contributed by atoms with van der Waals surface area (Å²) in [6.45, 7) is 1.81. The molecule has 3 heterocycles. The number of nitrogens with zero attached hydrogens (tertiary/aromatic N) is 3. The Morgan fingerprint density at radius 1 is 1.21 bits per heavy atom. The molecule has 0 unspecified atom stereocenters. The molecule has 0 aromatic carbocycles. The van der Waals surface area contributed by atoms with Gasteiger partial charge in [0.2, 0.25) is 0 Å². The summed E-state index contributed by atoms with van der Waals surface area (Å²) < 4.78 is 44.4. The second-order valence-electron chi connectivity index (χ2n) is 7.24. The maximum Gasteiger partial charge on any atom is 0.434 e. The molecule has 0 bridgehead atoms. The van der Waals surface area contributed by atoms with E-state index in [0.29, 0.717) is 11.4 Å². The van der Waals surface area contributed by atoms with Gasteiger partial charge in [-0.15, -0.1) is 0 Å². The van der Waals surface area contributed by atoms with Crippen molar-refractivity contribution in [2.24, 2.45) is 0 Å². The van der Waals surface area contributed by atoms with E-state index >= 15 is 0 Å². The summed E-state index contributed by atoms with van der Waals surface area (Å²) >= 11 is 1.26. The predicted octanol–water partition coefficient (Wildman–Crippen LogP) is 4.27. The van der Waals surface area contributed by atoms with Gasteiger partial charge in [-0.2, -0.15) is 17.5 Å². The smallest absolute Gasteiger partial charge is 0.368 e. The van der Waals surface area contributed by atoms with Crippen molar-refractivity contribution in [3.63, 3.8) is 0 Å². The SMILES string of the molecule is Cc1nscc1C(=O)NC1CCC(Nc2cccc3nc(C(F)(F)F)cn23)CC1. The third kappa shape index (κ3) is 4.21. The maximum atomic E-state index is 13.0. The number of fused-ring (bicyclic) bond motifs is 1. The number of halogens is 3. The molecule has 1 saturated carbocycles. The summed E-state index contributed by atoms with van der Waals surface area (Å²) in [7, 11) is 0. The van der Waals surface area contributed by atoms with Crippen LogP contribution in [0.3, 0.4) is 0 Å². The van der Waals surface area contributed by atoms with Crippen molar-refractivity contribution in [2.75, 3.05) is 5.32 Å². The van der Waals surface area contributed by atoms with Crippen LogP contribution in [0, 0.1) is 6.92 Å². The van der Waals surface area contributed by atoms with E-state index in [9.17, 15) is 18.0 Å². The average molecular weight is 423 g/mol. The van der Waals surface area contributed by atoms with E-state index in [1.54, 1.807) is 23.6 Å². The van der Waals surface area contributed by atoms with Crippen LogP contribution < -0.4 is 10.6 Å². The van der Waals surface area contributed by atoms with E-state index < -0.39 is 11.9 Å². The van der Waals surface area contributed by atoms with Crippen LogP contribution in [0.5, 0.6) is 0 Å². The first kappa shape index (κ1) is 19.7. The highest BCUT2D eigenvalue weighted by molar-refractivity contribution is 7.03. The van der Waals surface area contributed by atoms with Gasteiger partial charge in [-0.05, 0) is 56.3 Å². The van der Waals surface area contributed by atoms with Crippen molar-refractivity contribution in [1.29, 1.82) is 0 Å². The van der Waals surface area contributed by atoms with E-state index in [0.717, 1.165) is 37.6 Å². The van der Waals surface area contributed by atoms with Gasteiger partial charge in [0.15, 0.2) is 5.69 Å². The van der Waals surface area contributed by atoms with Crippen molar-refractivity contribution in [1.82, 2.24) is 19.1 Å². The standard InChI is InChI=1S/C19H20F3N5OS/c1-11-14(10-29-26-11)18(28)24-13-7-5-12(6-8-13)23-16-3-2-4-17-25-15(9-27(16)17)19(20,21)22/h2-4,9-10,12-13,23H,5-8H2,1H3,(H,24,28). The van der Waals surface area contributed by atoms with Crippen LogP contribution in [0.4, 0.5) is 19.0 Å². The molecule has 1 aliphatic rings. The Balaban J connectivity index is 1.38. The Kier molecular flexibility index (Phi) is 5.20. The van der Waals surface area contributed by atoms with E-state index in [1.165, 1.54) is 15.9 Å². The van der Waals surface area contributed by atoms with Gasteiger partial charge in [0, 0.05) is 23.7 Å². The van der Waals surface area contributed by atoms with Gasteiger partial charge >= 0.3 is 6.18 Å². The van der Waals surface area contributed by atoms with Crippen molar-refractivity contribution in [3.8, 4) is 0 Å². The molecule has 154 valence electrons. The fraction of sp³-hybridized carbons (Fsp3) is 0.421. The molecule has 1 aliphatic carbocycles. The number of anilines is 1. The number of aromatic nitrogens is 3. The molecule has 0 atom stereocenters. The molecular formula is C19H20F3N5OS. The van der Waals surface area contributed by atoms with Crippen LogP contribution in [0.15, 0.2) is 29.8 Å². The first-order chi connectivity index (χ1) is 13.8. The minimum Gasteiger partial charge on any atom is -0.368 e. The number of hydrogen-bond donors (Lipinski definition) is 2. The van der Waals surface area contributed by atoms with Crippen LogP contribution >= 0.6 is 11.5 Å². The minimum absolute atomic E-state index is 0.0840. The molecule has 0 spiro atoms. The van der Waals surface area contributed by atoms with Gasteiger partial charge in [0.1, 0.15) is 11.5 Å². The van der Waals surface area contributed by atoms with Crippen molar-refractivity contribution in [3.05, 3.63) is 46.7 Å². The van der Waals surface area contributed by atoms with Crippen LogP contribution in [0.2, 0.25) is 0 Å². The zero-order valence-corrected chi connectivity index (χ0v) is 16.5. The number of aryl methyl sites for hydroxylation is 1. The van der Waals surface area contributed by atoms with Gasteiger partial charge in [-0.25, -0.2) is 4.98 Å². The Labute approximate surface area is 169 Å². The lowest BCUT2D eigenvalue weighted by atomic mass is 9.91. The molecule has 3 aromatic heterocycles. The monoisotopic (exact) mass is 423 g/mol. The summed E-state index contributed by atoms with van der Waals surface area (Å²) in [4.78, 5) is 16.0. The average Bonchev–Trinajstić information content (AvgIpc) is 3.30. The molecule has 1 fully saturated rings. The molecule has 6 nitrogen and oxygen atoms in total. The molecule has 0 aliphatic heterocycles. The molecule has 29 heavy (non-hydrogen) atoms. The van der Waals surface area contributed by atoms with E-state index in [4.69, 9.17) is 0 Å². The molecule has 10 heteroatoms. The Bertz CT molecular complexity index is 1020. The van der Waals surface area contributed by atoms with Crippen LogP contribution in [-0.4, -0.2) is 31.7 Å². The highest BCUT2D eigenvalue weighted by atomic mass is 32.1. The lowest BCUT2D eigenvalue weighted by molar-refractivity contribution is -0.140. The van der Waals surface area contributed by atoms with E-state index in [-0.39, 0.29) is 23.6 Å². The Morgan fingerprint density at radius 2 is 1.93 bits per heavy atom. The second kappa shape index (κ2) is 7.66. The van der Waals surface area contributed by atoms with Crippen molar-refractivity contribution >= 4 is 28.9 Å². The number of hydrogen-bond acceptors (Lipinski definition) is 5.